The number of nitrogens with one attached hydrogen (secondary N) is 1. The van der Waals surface area contributed by atoms with Gasteiger partial charge in [0.15, 0.2) is 0 Å². The average Bonchev–Trinajstić information content (AvgIpc) is 2.81. The normalized spacial score (nSPS) is 14.5. The molecule has 32 heavy (non-hydrogen) atoms. The van der Waals surface area contributed by atoms with E-state index in [0.29, 0.717) is 30.1 Å². The van der Waals surface area contributed by atoms with E-state index >= 15 is 0 Å². The standard InChI is InChI=1S/C25H28ClN3O3/c1-17-7-8-20(14-22(17)32-21-9-11-29(12-10-21)23(30)15-26)28-24(31)18-5-4-6-19(13-18)25(2,3)16-27/h4-8,13-14,21H,9-12,15H2,1-3H3,(H,28,31). The number of nitriles is 1. The molecule has 168 valence electrons. The molecule has 1 fully saturated rings. The highest BCUT2D eigenvalue weighted by Crippen LogP contribution is 2.27. The Labute approximate surface area is 194 Å². The van der Waals surface area contributed by atoms with Crippen molar-refractivity contribution in [3.05, 3.63) is 59.2 Å². The van der Waals surface area contributed by atoms with E-state index in [1.165, 1.54) is 0 Å². The molecule has 0 aromatic heterocycles. The molecule has 0 unspecified atom stereocenters. The predicted molar refractivity (Wildman–Crippen MR) is 125 cm³/mol. The van der Waals surface area contributed by atoms with Crippen LogP contribution in [0.2, 0.25) is 0 Å². The number of hydrogen-bond donors (Lipinski definition) is 1. The van der Waals surface area contributed by atoms with Crippen LogP contribution >= 0.6 is 11.6 Å². The Morgan fingerprint density at radius 3 is 2.59 bits per heavy atom. The number of rotatable bonds is 6. The van der Waals surface area contributed by atoms with Crippen LogP contribution in [0.25, 0.3) is 0 Å². The molecule has 0 aliphatic carbocycles. The first-order valence-electron chi connectivity index (χ1n) is 10.7. The van der Waals surface area contributed by atoms with Crippen LogP contribution in [0.5, 0.6) is 5.75 Å². The average molecular weight is 454 g/mol. The van der Waals surface area contributed by atoms with Crippen LogP contribution in [-0.4, -0.2) is 41.8 Å². The van der Waals surface area contributed by atoms with Crippen LogP contribution in [0.15, 0.2) is 42.5 Å². The van der Waals surface area contributed by atoms with Gasteiger partial charge in [0.1, 0.15) is 17.7 Å². The summed E-state index contributed by atoms with van der Waals surface area (Å²) in [5.74, 6) is 0.421. The summed E-state index contributed by atoms with van der Waals surface area (Å²) in [4.78, 5) is 26.3. The Kier molecular flexibility index (Phi) is 7.42. The summed E-state index contributed by atoms with van der Waals surface area (Å²) in [5, 5.41) is 12.3. The number of piperidine rings is 1. The van der Waals surface area contributed by atoms with E-state index in [-0.39, 0.29) is 23.8 Å². The van der Waals surface area contributed by atoms with E-state index in [1.54, 1.807) is 23.1 Å². The van der Waals surface area contributed by atoms with E-state index in [0.717, 1.165) is 24.0 Å². The van der Waals surface area contributed by atoms with Gasteiger partial charge in [0.2, 0.25) is 5.91 Å². The highest BCUT2D eigenvalue weighted by Gasteiger charge is 2.24. The van der Waals surface area contributed by atoms with Gasteiger partial charge >= 0.3 is 0 Å². The summed E-state index contributed by atoms with van der Waals surface area (Å²) in [6.07, 6.45) is 1.48. The molecule has 0 saturated carbocycles. The lowest BCUT2D eigenvalue weighted by Gasteiger charge is -2.32. The lowest BCUT2D eigenvalue weighted by atomic mass is 9.85. The molecule has 0 bridgehead atoms. The molecule has 0 spiro atoms. The quantitative estimate of drug-likeness (QED) is 0.645. The second-order valence-electron chi connectivity index (χ2n) is 8.58. The van der Waals surface area contributed by atoms with E-state index in [2.05, 4.69) is 11.4 Å². The number of amides is 2. The van der Waals surface area contributed by atoms with Crippen LogP contribution < -0.4 is 10.1 Å². The van der Waals surface area contributed by atoms with Crippen molar-refractivity contribution in [2.45, 2.75) is 45.1 Å². The molecule has 2 aromatic carbocycles. The number of alkyl halides is 1. The Hall–Kier alpha value is -3.04. The Bertz CT molecular complexity index is 1040. The Morgan fingerprint density at radius 2 is 1.94 bits per heavy atom. The molecule has 7 heteroatoms. The SMILES string of the molecule is Cc1ccc(NC(=O)c2cccc(C(C)(C)C#N)c2)cc1OC1CCN(C(=O)CCl)CC1. The molecule has 1 saturated heterocycles. The van der Waals surface area contributed by atoms with Crippen LogP contribution in [0, 0.1) is 18.3 Å². The zero-order valence-electron chi connectivity index (χ0n) is 18.7. The molecule has 1 heterocycles. The maximum Gasteiger partial charge on any atom is 0.255 e. The number of hydrogen-bond acceptors (Lipinski definition) is 4. The summed E-state index contributed by atoms with van der Waals surface area (Å²) < 4.78 is 6.20. The Balaban J connectivity index is 1.68. The number of benzene rings is 2. The van der Waals surface area contributed by atoms with Crippen molar-refractivity contribution in [2.24, 2.45) is 0 Å². The Morgan fingerprint density at radius 1 is 1.22 bits per heavy atom. The molecule has 1 aliphatic rings. The molecule has 2 aromatic rings. The van der Waals surface area contributed by atoms with E-state index < -0.39 is 5.41 Å². The molecule has 2 amide bonds. The minimum absolute atomic E-state index is 0.00327. The largest absolute Gasteiger partial charge is 0.490 e. The first kappa shape index (κ1) is 23.6. The second-order valence-corrected chi connectivity index (χ2v) is 8.85. The first-order chi connectivity index (χ1) is 15.2. The molecule has 0 atom stereocenters. The topological polar surface area (TPSA) is 82.4 Å². The molecular formula is C25H28ClN3O3. The van der Waals surface area contributed by atoms with E-state index in [9.17, 15) is 14.9 Å². The first-order valence-corrected chi connectivity index (χ1v) is 11.2. The maximum atomic E-state index is 12.8. The van der Waals surface area contributed by atoms with Crippen LogP contribution in [0.3, 0.4) is 0 Å². The summed E-state index contributed by atoms with van der Waals surface area (Å²) in [6, 6.07) is 15.0. The van der Waals surface area contributed by atoms with Crippen molar-refractivity contribution < 1.29 is 14.3 Å². The third-order valence-electron chi connectivity index (χ3n) is 5.77. The van der Waals surface area contributed by atoms with Gasteiger partial charge in [-0.15, -0.1) is 11.6 Å². The molecular weight excluding hydrogens is 426 g/mol. The summed E-state index contributed by atoms with van der Waals surface area (Å²) in [5.41, 5.74) is 2.21. The van der Waals surface area contributed by atoms with Crippen molar-refractivity contribution in [1.82, 2.24) is 4.90 Å². The van der Waals surface area contributed by atoms with Gasteiger partial charge < -0.3 is 15.0 Å². The summed E-state index contributed by atoms with van der Waals surface area (Å²) in [7, 11) is 0. The minimum atomic E-state index is -0.675. The zero-order valence-corrected chi connectivity index (χ0v) is 19.4. The van der Waals surface area contributed by atoms with Gasteiger partial charge in [-0.25, -0.2) is 0 Å². The van der Waals surface area contributed by atoms with Gasteiger partial charge in [-0.1, -0.05) is 18.2 Å². The smallest absolute Gasteiger partial charge is 0.255 e. The molecule has 6 nitrogen and oxygen atoms in total. The van der Waals surface area contributed by atoms with Crippen molar-refractivity contribution in [2.75, 3.05) is 24.3 Å². The fraction of sp³-hybridized carbons (Fsp3) is 0.400. The lowest BCUT2D eigenvalue weighted by Crippen LogP contribution is -2.42. The minimum Gasteiger partial charge on any atom is -0.490 e. The number of likely N-dealkylation sites (tertiary alicyclic amines) is 1. The van der Waals surface area contributed by atoms with Gasteiger partial charge in [0.05, 0.1) is 11.5 Å². The number of ether oxygens (including phenoxy) is 1. The zero-order chi connectivity index (χ0) is 23.3. The number of halogens is 1. The predicted octanol–water partition coefficient (Wildman–Crippen LogP) is 4.66. The van der Waals surface area contributed by atoms with Crippen LogP contribution in [0.1, 0.15) is 48.2 Å². The summed E-state index contributed by atoms with van der Waals surface area (Å²) in [6.45, 7) is 6.86. The highest BCUT2D eigenvalue weighted by atomic mass is 35.5. The van der Waals surface area contributed by atoms with E-state index in [1.807, 2.05) is 45.0 Å². The van der Waals surface area contributed by atoms with Crippen molar-refractivity contribution >= 4 is 29.1 Å². The lowest BCUT2D eigenvalue weighted by molar-refractivity contribution is -0.130. The monoisotopic (exact) mass is 453 g/mol. The fourth-order valence-corrected chi connectivity index (χ4v) is 3.78. The number of nitrogens with zero attached hydrogens (tertiary/aromatic N) is 2. The van der Waals surface area contributed by atoms with Crippen LogP contribution in [0.4, 0.5) is 5.69 Å². The second kappa shape index (κ2) is 10.1. The number of carbonyl (C=O) groups is 2. The van der Waals surface area contributed by atoms with Gasteiger partial charge in [-0.05, 0) is 50.1 Å². The van der Waals surface area contributed by atoms with E-state index in [4.69, 9.17) is 16.3 Å². The number of anilines is 1. The maximum absolute atomic E-state index is 12.8. The molecule has 1 N–H and O–H groups in total. The highest BCUT2D eigenvalue weighted by molar-refractivity contribution is 6.27. The third kappa shape index (κ3) is 5.60. The number of aryl methyl sites for hydroxylation is 1. The molecule has 1 aliphatic heterocycles. The van der Waals surface area contributed by atoms with Gasteiger partial charge in [0, 0.05) is 43.2 Å². The summed E-state index contributed by atoms with van der Waals surface area (Å²) >= 11 is 5.64. The molecule has 3 rings (SSSR count). The van der Waals surface area contributed by atoms with Crippen molar-refractivity contribution in [1.29, 1.82) is 5.26 Å². The fourth-order valence-electron chi connectivity index (χ4n) is 3.61. The van der Waals surface area contributed by atoms with Crippen LogP contribution in [-0.2, 0) is 10.2 Å². The molecule has 0 radical (unpaired) electrons. The van der Waals surface area contributed by atoms with Gasteiger partial charge in [-0.2, -0.15) is 5.26 Å². The van der Waals surface area contributed by atoms with Gasteiger partial charge in [-0.3, -0.25) is 9.59 Å². The number of carbonyl (C=O) groups excluding carboxylic acids is 2. The van der Waals surface area contributed by atoms with Crippen molar-refractivity contribution in [3.8, 4) is 11.8 Å². The van der Waals surface area contributed by atoms with Gasteiger partial charge in [0.25, 0.3) is 5.91 Å². The van der Waals surface area contributed by atoms with Crippen molar-refractivity contribution in [3.63, 3.8) is 0 Å². The third-order valence-corrected chi connectivity index (χ3v) is 6.00.